The molecule has 1 heterocycles. The highest BCUT2D eigenvalue weighted by Crippen LogP contribution is 2.23. The monoisotopic (exact) mass is 472 g/mol. The van der Waals surface area contributed by atoms with Crippen LogP contribution in [0.25, 0.3) is 6.08 Å². The molecule has 33 heavy (non-hydrogen) atoms. The summed E-state index contributed by atoms with van der Waals surface area (Å²) in [7, 11) is 0. The molecule has 0 atom stereocenters. The quantitative estimate of drug-likeness (QED) is 0.434. The van der Waals surface area contributed by atoms with Crippen molar-refractivity contribution < 1.29 is 18.0 Å². The summed E-state index contributed by atoms with van der Waals surface area (Å²) in [6.45, 7) is 0.466. The Kier molecular flexibility index (Phi) is 7.56. The average Bonchev–Trinajstić information content (AvgIpc) is 3.04. The van der Waals surface area contributed by atoms with Gasteiger partial charge in [0.25, 0.3) is 0 Å². The van der Waals surface area contributed by atoms with Gasteiger partial charge in [-0.2, -0.15) is 23.5 Å². The average molecular weight is 473 g/mol. The maximum absolute atomic E-state index is 13.1. The number of nitrogens with zero attached hydrogens (tertiary/aromatic N) is 4. The summed E-state index contributed by atoms with van der Waals surface area (Å²) in [4.78, 5) is 13.3. The standard InChI is InChI=1S/C24H20ClF3N4O/c1-17-21(23(25)32(30-17)15-19-5-3-2-4-6-19)11-12-22(33)31(16-24(26,27)28)14-20-9-7-18(13-29)8-10-20/h2-12H,14-16H2,1H3/b12-11+. The van der Waals surface area contributed by atoms with E-state index < -0.39 is 18.6 Å². The van der Waals surface area contributed by atoms with E-state index in [9.17, 15) is 18.0 Å². The summed E-state index contributed by atoms with van der Waals surface area (Å²) < 4.78 is 40.9. The van der Waals surface area contributed by atoms with Crippen molar-refractivity contribution in [2.24, 2.45) is 0 Å². The Morgan fingerprint density at radius 1 is 1.15 bits per heavy atom. The minimum Gasteiger partial charge on any atom is -0.326 e. The van der Waals surface area contributed by atoms with Gasteiger partial charge in [-0.25, -0.2) is 4.68 Å². The number of halogens is 4. The molecule has 1 amide bonds. The van der Waals surface area contributed by atoms with Gasteiger partial charge in [0.1, 0.15) is 11.7 Å². The van der Waals surface area contributed by atoms with E-state index in [0.717, 1.165) is 11.6 Å². The third kappa shape index (κ3) is 6.70. The smallest absolute Gasteiger partial charge is 0.326 e. The highest BCUT2D eigenvalue weighted by Gasteiger charge is 2.32. The molecule has 170 valence electrons. The summed E-state index contributed by atoms with van der Waals surface area (Å²) >= 11 is 6.43. The first-order valence-corrected chi connectivity index (χ1v) is 10.3. The second kappa shape index (κ2) is 10.4. The number of amides is 1. The van der Waals surface area contributed by atoms with Crippen LogP contribution in [-0.2, 0) is 17.9 Å². The van der Waals surface area contributed by atoms with E-state index >= 15 is 0 Å². The van der Waals surface area contributed by atoms with Crippen molar-refractivity contribution in [2.75, 3.05) is 6.54 Å². The van der Waals surface area contributed by atoms with Gasteiger partial charge in [-0.1, -0.05) is 54.1 Å². The van der Waals surface area contributed by atoms with Crippen LogP contribution >= 0.6 is 11.6 Å². The van der Waals surface area contributed by atoms with E-state index in [2.05, 4.69) is 5.10 Å². The summed E-state index contributed by atoms with van der Waals surface area (Å²) in [6.07, 6.45) is -2.11. The van der Waals surface area contributed by atoms with E-state index in [4.69, 9.17) is 16.9 Å². The Labute approximate surface area is 194 Å². The topological polar surface area (TPSA) is 61.9 Å². The number of benzene rings is 2. The molecule has 3 rings (SSSR count). The van der Waals surface area contributed by atoms with Crippen LogP contribution < -0.4 is 0 Å². The molecule has 0 N–H and O–H groups in total. The number of carbonyl (C=O) groups excluding carboxylic acids is 1. The molecular weight excluding hydrogens is 453 g/mol. The predicted molar refractivity (Wildman–Crippen MR) is 119 cm³/mol. The second-order valence-electron chi connectivity index (χ2n) is 7.38. The molecule has 0 radical (unpaired) electrons. The first kappa shape index (κ1) is 24.1. The number of aromatic nitrogens is 2. The van der Waals surface area contributed by atoms with Crippen LogP contribution in [0, 0.1) is 18.3 Å². The van der Waals surface area contributed by atoms with Gasteiger partial charge >= 0.3 is 6.18 Å². The fourth-order valence-electron chi connectivity index (χ4n) is 3.21. The number of nitriles is 1. The number of alkyl halides is 3. The fraction of sp³-hybridized carbons (Fsp3) is 0.208. The number of rotatable bonds is 7. The third-order valence-electron chi connectivity index (χ3n) is 4.82. The zero-order chi connectivity index (χ0) is 24.0. The summed E-state index contributed by atoms with van der Waals surface area (Å²) in [6, 6.07) is 17.5. The minimum absolute atomic E-state index is 0.256. The van der Waals surface area contributed by atoms with E-state index in [1.54, 1.807) is 11.6 Å². The zero-order valence-corrected chi connectivity index (χ0v) is 18.4. The van der Waals surface area contributed by atoms with Gasteiger partial charge in [0.2, 0.25) is 5.91 Å². The predicted octanol–water partition coefficient (Wildman–Crippen LogP) is 5.37. The molecule has 0 fully saturated rings. The van der Waals surface area contributed by atoms with Gasteiger partial charge in [-0.05, 0) is 36.3 Å². The third-order valence-corrected chi connectivity index (χ3v) is 5.21. The largest absolute Gasteiger partial charge is 0.406 e. The van der Waals surface area contributed by atoms with Crippen molar-refractivity contribution in [1.29, 1.82) is 5.26 Å². The SMILES string of the molecule is Cc1nn(Cc2ccccc2)c(Cl)c1/C=C/C(=O)N(Cc1ccc(C#N)cc1)CC(F)(F)F. The van der Waals surface area contributed by atoms with E-state index in [1.807, 2.05) is 36.4 Å². The lowest BCUT2D eigenvalue weighted by atomic mass is 10.1. The van der Waals surface area contributed by atoms with E-state index in [-0.39, 0.29) is 11.7 Å². The molecule has 0 saturated heterocycles. The number of hydrogen-bond acceptors (Lipinski definition) is 3. The Balaban J connectivity index is 1.79. The molecule has 5 nitrogen and oxygen atoms in total. The summed E-state index contributed by atoms with van der Waals surface area (Å²) in [5, 5.41) is 13.5. The van der Waals surface area contributed by atoms with Gasteiger partial charge in [-0.15, -0.1) is 0 Å². The van der Waals surface area contributed by atoms with Gasteiger partial charge in [0, 0.05) is 18.2 Å². The lowest BCUT2D eigenvalue weighted by Gasteiger charge is -2.22. The first-order chi connectivity index (χ1) is 15.7. The maximum Gasteiger partial charge on any atom is 0.406 e. The molecule has 0 aliphatic rings. The van der Waals surface area contributed by atoms with Gasteiger partial charge in [0.15, 0.2) is 0 Å². The van der Waals surface area contributed by atoms with Gasteiger partial charge < -0.3 is 4.90 Å². The highest BCUT2D eigenvalue weighted by molar-refractivity contribution is 6.31. The molecular formula is C24H20ClF3N4O. The lowest BCUT2D eigenvalue weighted by Crippen LogP contribution is -2.37. The summed E-state index contributed by atoms with van der Waals surface area (Å²) in [5.74, 6) is -0.817. The highest BCUT2D eigenvalue weighted by atomic mass is 35.5. The Morgan fingerprint density at radius 2 is 1.82 bits per heavy atom. The van der Waals surface area contributed by atoms with Gasteiger partial charge in [0.05, 0.1) is 23.9 Å². The van der Waals surface area contributed by atoms with Crippen LogP contribution in [0.15, 0.2) is 60.7 Å². The number of hydrogen-bond donors (Lipinski definition) is 0. The number of carbonyl (C=O) groups is 1. The van der Waals surface area contributed by atoms with Crippen molar-refractivity contribution in [2.45, 2.75) is 26.2 Å². The second-order valence-corrected chi connectivity index (χ2v) is 7.74. The van der Waals surface area contributed by atoms with Crippen molar-refractivity contribution in [3.8, 4) is 6.07 Å². The van der Waals surface area contributed by atoms with E-state index in [0.29, 0.717) is 33.8 Å². The molecule has 0 aliphatic carbocycles. The molecule has 9 heteroatoms. The molecule has 0 unspecified atom stereocenters. The molecule has 0 spiro atoms. The molecule has 0 bridgehead atoms. The van der Waals surface area contributed by atoms with Crippen LogP contribution in [0.3, 0.4) is 0 Å². The minimum atomic E-state index is -4.57. The number of aryl methyl sites for hydroxylation is 1. The first-order valence-electron chi connectivity index (χ1n) is 9.96. The molecule has 0 aliphatic heterocycles. The fourth-order valence-corrected chi connectivity index (χ4v) is 3.51. The normalized spacial score (nSPS) is 11.5. The van der Waals surface area contributed by atoms with Crippen molar-refractivity contribution in [3.05, 3.63) is 93.8 Å². The van der Waals surface area contributed by atoms with Crippen molar-refractivity contribution in [3.63, 3.8) is 0 Å². The van der Waals surface area contributed by atoms with Crippen molar-refractivity contribution >= 4 is 23.6 Å². The molecule has 3 aromatic rings. The van der Waals surface area contributed by atoms with Crippen LogP contribution in [-0.4, -0.2) is 33.3 Å². The maximum atomic E-state index is 13.1. The molecule has 2 aromatic carbocycles. The van der Waals surface area contributed by atoms with Gasteiger partial charge in [-0.3, -0.25) is 4.79 Å². The van der Waals surface area contributed by atoms with Crippen LogP contribution in [0.4, 0.5) is 13.2 Å². The lowest BCUT2D eigenvalue weighted by molar-refractivity contribution is -0.159. The summed E-state index contributed by atoms with van der Waals surface area (Å²) in [5.41, 5.74) is 2.85. The van der Waals surface area contributed by atoms with Crippen LogP contribution in [0.1, 0.15) is 27.9 Å². The van der Waals surface area contributed by atoms with Crippen LogP contribution in [0.2, 0.25) is 5.15 Å². The molecule has 0 saturated carbocycles. The van der Waals surface area contributed by atoms with Crippen LogP contribution in [0.5, 0.6) is 0 Å². The Hall–Kier alpha value is -3.57. The van der Waals surface area contributed by atoms with Crippen molar-refractivity contribution in [1.82, 2.24) is 14.7 Å². The Morgan fingerprint density at radius 3 is 2.42 bits per heavy atom. The molecule has 1 aromatic heterocycles. The Bertz CT molecular complexity index is 1180. The van der Waals surface area contributed by atoms with E-state index in [1.165, 1.54) is 30.3 Å². The zero-order valence-electron chi connectivity index (χ0n) is 17.7.